The number of aliphatic carboxylic acids is 1. The molecule has 0 aromatic heterocycles. The predicted octanol–water partition coefficient (Wildman–Crippen LogP) is 2.69. The summed E-state index contributed by atoms with van der Waals surface area (Å²) in [6.07, 6.45) is 0.206. The molecule has 4 nitrogen and oxygen atoms in total. The van der Waals surface area contributed by atoms with Gasteiger partial charge in [0.2, 0.25) is 0 Å². The highest BCUT2D eigenvalue weighted by molar-refractivity contribution is 9.24. The van der Waals surface area contributed by atoms with Gasteiger partial charge in [0.05, 0.1) is 3.74 Å². The summed E-state index contributed by atoms with van der Waals surface area (Å²) in [6, 6.07) is 0. The molecular weight excluding hydrogens is 424 g/mol. The first kappa shape index (κ1) is 17.5. The third kappa shape index (κ3) is 6.88. The highest BCUT2D eigenvalue weighted by Crippen LogP contribution is 2.36. The molecule has 0 radical (unpaired) electrons. The van der Waals surface area contributed by atoms with Crippen LogP contribution in [-0.4, -0.2) is 37.1 Å². The first-order valence-corrected chi connectivity index (χ1v) is 7.72. The van der Waals surface area contributed by atoms with Crippen molar-refractivity contribution in [2.24, 2.45) is 5.41 Å². The second kappa shape index (κ2) is 7.86. The number of hydrogen-bond donors (Lipinski definition) is 2. The fraction of sp³-hybridized carbons (Fsp3) is 0.800. The van der Waals surface area contributed by atoms with E-state index < -0.39 is 17.8 Å². The number of carbonyl (C=O) groups is 2. The summed E-state index contributed by atoms with van der Waals surface area (Å²) in [5.74, 6) is -1.51. The van der Waals surface area contributed by atoms with E-state index in [4.69, 9.17) is 5.11 Å². The van der Waals surface area contributed by atoms with Gasteiger partial charge in [0, 0.05) is 23.3 Å². The molecule has 0 aromatic rings. The Kier molecular flexibility index (Phi) is 8.11. The van der Waals surface area contributed by atoms with Gasteiger partial charge in [-0.15, -0.1) is 0 Å². The van der Waals surface area contributed by atoms with Gasteiger partial charge in [-0.2, -0.15) is 0 Å². The quantitative estimate of drug-likeness (QED) is 0.451. The van der Waals surface area contributed by atoms with E-state index in [1.807, 2.05) is 0 Å². The van der Waals surface area contributed by atoms with Crippen molar-refractivity contribution in [1.82, 2.24) is 0 Å². The molecule has 0 fully saturated rings. The smallest absolute Gasteiger partial charge is 0.310 e. The van der Waals surface area contributed by atoms with Crippen LogP contribution in [-0.2, 0) is 9.59 Å². The summed E-state index contributed by atoms with van der Waals surface area (Å²) < 4.78 is 0.0693. The van der Waals surface area contributed by atoms with Crippen molar-refractivity contribution >= 4 is 59.5 Å². The number of rotatable bonds is 8. The number of carboxylic acids is 1. The zero-order chi connectivity index (χ0) is 13.6. The molecule has 0 saturated heterocycles. The zero-order valence-electron chi connectivity index (χ0n) is 9.33. The summed E-state index contributed by atoms with van der Waals surface area (Å²) in [4.78, 5) is 21.8. The maximum atomic E-state index is 11.5. The van der Waals surface area contributed by atoms with Gasteiger partial charge in [0.1, 0.15) is 12.2 Å². The summed E-state index contributed by atoms with van der Waals surface area (Å²) in [5, 5.41) is 17.9. The number of aliphatic hydroxyl groups is 1. The molecule has 0 amide bonds. The molecule has 0 aliphatic heterocycles. The molecule has 2 N–H and O–H groups in total. The number of hydrogen-bond acceptors (Lipinski definition) is 3. The first-order chi connectivity index (χ1) is 7.71. The molecule has 0 rings (SSSR count). The number of ketones is 1. The molecule has 0 heterocycles. The Balaban J connectivity index is 4.55. The van der Waals surface area contributed by atoms with Crippen LogP contribution in [0.5, 0.6) is 0 Å². The topological polar surface area (TPSA) is 74.6 Å². The van der Waals surface area contributed by atoms with Crippen LogP contribution in [0, 0.1) is 5.41 Å². The molecule has 0 bridgehead atoms. The highest BCUT2D eigenvalue weighted by atomic mass is 79.9. The van der Waals surface area contributed by atoms with Gasteiger partial charge in [0.15, 0.2) is 0 Å². The molecule has 7 heteroatoms. The molecule has 0 spiro atoms. The lowest BCUT2D eigenvalue weighted by Gasteiger charge is -2.32. The van der Waals surface area contributed by atoms with Gasteiger partial charge < -0.3 is 10.2 Å². The van der Waals surface area contributed by atoms with Crippen molar-refractivity contribution in [2.45, 2.75) is 34.7 Å². The number of carboxylic acid groups (broad SMARTS) is 1. The van der Waals surface area contributed by atoms with Crippen molar-refractivity contribution in [3.8, 4) is 0 Å². The minimum atomic E-state index is -1.14. The van der Waals surface area contributed by atoms with E-state index in [1.165, 1.54) is 0 Å². The Morgan fingerprint density at radius 3 is 2.18 bits per heavy atom. The fourth-order valence-corrected chi connectivity index (χ4v) is 3.82. The van der Waals surface area contributed by atoms with E-state index in [0.29, 0.717) is 6.42 Å². The maximum absolute atomic E-state index is 11.5. The van der Waals surface area contributed by atoms with Gasteiger partial charge in [-0.3, -0.25) is 9.59 Å². The number of aliphatic hydroxyl groups excluding tert-OH is 1. The van der Waals surface area contributed by atoms with Gasteiger partial charge >= 0.3 is 5.97 Å². The van der Waals surface area contributed by atoms with Crippen molar-refractivity contribution < 1.29 is 19.8 Å². The van der Waals surface area contributed by atoms with Crippen molar-refractivity contribution in [3.63, 3.8) is 0 Å². The number of alkyl halides is 3. The van der Waals surface area contributed by atoms with Crippen LogP contribution in [0.3, 0.4) is 0 Å². The summed E-state index contributed by atoms with van der Waals surface area (Å²) in [5.41, 5.74) is -0.660. The lowest BCUT2D eigenvalue weighted by Crippen LogP contribution is -2.35. The zero-order valence-corrected chi connectivity index (χ0v) is 14.1. The van der Waals surface area contributed by atoms with Crippen LogP contribution in [0.25, 0.3) is 0 Å². The predicted molar refractivity (Wildman–Crippen MR) is 76.0 cm³/mol. The lowest BCUT2D eigenvalue weighted by molar-refractivity contribution is -0.140. The fourth-order valence-electron chi connectivity index (χ4n) is 1.39. The second-order valence-corrected chi connectivity index (χ2v) is 8.74. The Labute approximate surface area is 126 Å². The third-order valence-electron chi connectivity index (χ3n) is 2.45. The van der Waals surface area contributed by atoms with Crippen LogP contribution in [0.1, 0.15) is 26.2 Å². The summed E-state index contributed by atoms with van der Waals surface area (Å²) >= 11 is 10.1. The minimum absolute atomic E-state index is 0.0401. The van der Waals surface area contributed by atoms with Crippen LogP contribution in [0.4, 0.5) is 0 Å². The standard InChI is InChI=1S/C10H15Br3O4/c1-10(5-14,7(11)3-8(12)13)4-6(15)2-9(16)17/h7-8,14H,2-5H2,1H3,(H,16,17). The molecule has 2 unspecified atom stereocenters. The van der Waals surface area contributed by atoms with Crippen LogP contribution >= 0.6 is 47.8 Å². The largest absolute Gasteiger partial charge is 0.481 e. The Morgan fingerprint density at radius 2 is 1.82 bits per heavy atom. The van der Waals surface area contributed by atoms with E-state index in [2.05, 4.69) is 47.8 Å². The molecule has 0 aliphatic rings. The molecule has 0 saturated carbocycles. The van der Waals surface area contributed by atoms with E-state index in [1.54, 1.807) is 6.92 Å². The monoisotopic (exact) mass is 436 g/mol. The van der Waals surface area contributed by atoms with Crippen LogP contribution in [0.2, 0.25) is 0 Å². The number of Topliss-reactive ketones (excluding diaryl/α,β-unsaturated/α-hetero) is 1. The van der Waals surface area contributed by atoms with Crippen LogP contribution < -0.4 is 0 Å². The van der Waals surface area contributed by atoms with Crippen molar-refractivity contribution in [1.29, 1.82) is 0 Å². The van der Waals surface area contributed by atoms with E-state index in [0.717, 1.165) is 0 Å². The molecule has 0 aliphatic carbocycles. The molecule has 100 valence electrons. The minimum Gasteiger partial charge on any atom is -0.481 e. The highest BCUT2D eigenvalue weighted by Gasteiger charge is 2.35. The van der Waals surface area contributed by atoms with E-state index in [-0.39, 0.29) is 27.4 Å². The second-order valence-electron chi connectivity index (χ2n) is 4.19. The number of carbonyl (C=O) groups excluding carboxylic acids is 1. The average Bonchev–Trinajstić information content (AvgIpc) is 2.14. The SMILES string of the molecule is CC(CO)(CC(=O)CC(=O)O)C(Br)CC(Br)Br. The average molecular weight is 439 g/mol. The molecular formula is C10H15Br3O4. The Hall–Kier alpha value is 0.540. The van der Waals surface area contributed by atoms with E-state index >= 15 is 0 Å². The lowest BCUT2D eigenvalue weighted by atomic mass is 9.81. The first-order valence-electron chi connectivity index (χ1n) is 4.98. The van der Waals surface area contributed by atoms with Crippen LogP contribution in [0.15, 0.2) is 0 Å². The summed E-state index contributed by atoms with van der Waals surface area (Å²) in [7, 11) is 0. The van der Waals surface area contributed by atoms with Crippen molar-refractivity contribution in [2.75, 3.05) is 6.61 Å². The van der Waals surface area contributed by atoms with Gasteiger partial charge in [-0.05, 0) is 6.42 Å². The van der Waals surface area contributed by atoms with Crippen molar-refractivity contribution in [3.05, 3.63) is 0 Å². The Bertz CT molecular complexity index is 283. The molecule has 0 aromatic carbocycles. The Morgan fingerprint density at radius 1 is 1.29 bits per heavy atom. The normalized spacial score (nSPS) is 16.6. The molecule has 17 heavy (non-hydrogen) atoms. The maximum Gasteiger partial charge on any atom is 0.310 e. The molecule has 2 atom stereocenters. The van der Waals surface area contributed by atoms with Gasteiger partial charge in [-0.25, -0.2) is 0 Å². The van der Waals surface area contributed by atoms with E-state index in [9.17, 15) is 14.7 Å². The third-order valence-corrected chi connectivity index (χ3v) is 4.68. The van der Waals surface area contributed by atoms with Gasteiger partial charge in [-0.1, -0.05) is 54.7 Å². The number of halogens is 3. The summed E-state index contributed by atoms with van der Waals surface area (Å²) in [6.45, 7) is 1.58. The van der Waals surface area contributed by atoms with Gasteiger partial charge in [0.25, 0.3) is 0 Å².